The predicted molar refractivity (Wildman–Crippen MR) is 68.9 cm³/mol. The van der Waals surface area contributed by atoms with Gasteiger partial charge >= 0.3 is 0 Å². The summed E-state index contributed by atoms with van der Waals surface area (Å²) < 4.78 is 0. The first-order valence-corrected chi connectivity index (χ1v) is 5.97. The van der Waals surface area contributed by atoms with E-state index in [1.807, 2.05) is 0 Å². The molecule has 1 aliphatic heterocycles. The monoisotopic (exact) mass is 216 g/mol. The number of rotatable bonds is 2. The zero-order chi connectivity index (χ0) is 11.5. The standard InChI is InChI=1S/C14H20N2/c1-3-4-14(15)12-6-5-11-7-8-16(2)10-13(11)9-12/h4-6,9H,3,7-8,10,15H2,1-2H3/b14-4-. The molecule has 2 rings (SSSR count). The summed E-state index contributed by atoms with van der Waals surface area (Å²) in [4.78, 5) is 2.35. The Morgan fingerprint density at radius 3 is 3.00 bits per heavy atom. The molecule has 0 radical (unpaired) electrons. The summed E-state index contributed by atoms with van der Waals surface area (Å²) in [6, 6.07) is 6.62. The van der Waals surface area contributed by atoms with Crippen LogP contribution in [-0.4, -0.2) is 18.5 Å². The van der Waals surface area contributed by atoms with Crippen molar-refractivity contribution in [2.24, 2.45) is 5.73 Å². The molecule has 0 aromatic heterocycles. The fourth-order valence-electron chi connectivity index (χ4n) is 2.22. The highest BCUT2D eigenvalue weighted by atomic mass is 15.1. The number of nitrogens with zero attached hydrogens (tertiary/aromatic N) is 1. The van der Waals surface area contributed by atoms with E-state index in [2.05, 4.69) is 43.1 Å². The second-order valence-corrected chi connectivity index (χ2v) is 4.54. The van der Waals surface area contributed by atoms with Gasteiger partial charge in [-0.2, -0.15) is 0 Å². The second-order valence-electron chi connectivity index (χ2n) is 4.54. The first-order valence-electron chi connectivity index (χ1n) is 5.97. The van der Waals surface area contributed by atoms with Crippen molar-refractivity contribution in [2.45, 2.75) is 26.3 Å². The van der Waals surface area contributed by atoms with E-state index >= 15 is 0 Å². The smallest absolute Gasteiger partial charge is 0.0347 e. The number of hydrogen-bond donors (Lipinski definition) is 1. The van der Waals surface area contributed by atoms with Crippen molar-refractivity contribution in [2.75, 3.05) is 13.6 Å². The molecule has 0 unspecified atom stereocenters. The van der Waals surface area contributed by atoms with Gasteiger partial charge in [-0.1, -0.05) is 25.1 Å². The minimum atomic E-state index is 0.901. The number of hydrogen-bond acceptors (Lipinski definition) is 2. The van der Waals surface area contributed by atoms with Gasteiger partial charge in [-0.15, -0.1) is 0 Å². The van der Waals surface area contributed by atoms with Crippen LogP contribution in [0.15, 0.2) is 24.3 Å². The Labute approximate surface area is 97.8 Å². The zero-order valence-electron chi connectivity index (χ0n) is 10.2. The van der Waals surface area contributed by atoms with Crippen molar-refractivity contribution in [3.8, 4) is 0 Å². The van der Waals surface area contributed by atoms with Crippen molar-refractivity contribution >= 4 is 5.70 Å². The van der Waals surface area contributed by atoms with Gasteiger partial charge in [-0.3, -0.25) is 0 Å². The van der Waals surface area contributed by atoms with E-state index in [4.69, 9.17) is 5.73 Å². The summed E-state index contributed by atoms with van der Waals surface area (Å²) >= 11 is 0. The molecular formula is C14H20N2. The minimum absolute atomic E-state index is 0.901. The second kappa shape index (κ2) is 4.71. The Hall–Kier alpha value is -1.28. The summed E-state index contributed by atoms with van der Waals surface area (Å²) in [5, 5.41) is 0. The van der Waals surface area contributed by atoms with Crippen LogP contribution in [-0.2, 0) is 13.0 Å². The average Bonchev–Trinajstić information content (AvgIpc) is 2.28. The van der Waals surface area contributed by atoms with E-state index in [1.165, 1.54) is 11.1 Å². The van der Waals surface area contributed by atoms with Crippen molar-refractivity contribution in [3.05, 3.63) is 41.0 Å². The molecule has 86 valence electrons. The van der Waals surface area contributed by atoms with E-state index in [1.54, 1.807) is 0 Å². The van der Waals surface area contributed by atoms with Crippen molar-refractivity contribution in [1.82, 2.24) is 4.90 Å². The summed E-state index contributed by atoms with van der Waals surface area (Å²) in [6.45, 7) is 4.31. The molecule has 2 nitrogen and oxygen atoms in total. The van der Waals surface area contributed by atoms with Gasteiger partial charge in [0.25, 0.3) is 0 Å². The third kappa shape index (κ3) is 2.27. The first kappa shape index (κ1) is 11.2. The summed E-state index contributed by atoms with van der Waals surface area (Å²) in [5.74, 6) is 0. The molecule has 2 heteroatoms. The number of allylic oxidation sites excluding steroid dienone is 1. The maximum atomic E-state index is 6.02. The highest BCUT2D eigenvalue weighted by Gasteiger charge is 2.13. The molecule has 1 heterocycles. The van der Waals surface area contributed by atoms with Gasteiger partial charge in [0, 0.05) is 18.8 Å². The number of nitrogens with two attached hydrogens (primary N) is 1. The zero-order valence-corrected chi connectivity index (χ0v) is 10.2. The normalized spacial score (nSPS) is 17.2. The predicted octanol–water partition coefficient (Wildman–Crippen LogP) is 2.38. The summed E-state index contributed by atoms with van der Waals surface area (Å²) in [7, 11) is 2.17. The van der Waals surface area contributed by atoms with E-state index in [9.17, 15) is 0 Å². The third-order valence-electron chi connectivity index (χ3n) is 3.17. The number of benzene rings is 1. The molecule has 1 aromatic rings. The Bertz CT molecular complexity index is 407. The quantitative estimate of drug-likeness (QED) is 0.822. The molecule has 0 saturated heterocycles. The maximum Gasteiger partial charge on any atom is 0.0347 e. The van der Waals surface area contributed by atoms with Crippen LogP contribution in [0.2, 0.25) is 0 Å². The van der Waals surface area contributed by atoms with Crippen LogP contribution in [0.3, 0.4) is 0 Å². The van der Waals surface area contributed by atoms with Gasteiger partial charge in [-0.25, -0.2) is 0 Å². The third-order valence-corrected chi connectivity index (χ3v) is 3.17. The van der Waals surface area contributed by atoms with Gasteiger partial charge in [0.15, 0.2) is 0 Å². The Kier molecular flexibility index (Phi) is 3.30. The summed E-state index contributed by atoms with van der Waals surface area (Å²) in [5.41, 5.74) is 11.0. The Balaban J connectivity index is 2.31. The minimum Gasteiger partial charge on any atom is -0.399 e. The molecule has 16 heavy (non-hydrogen) atoms. The van der Waals surface area contributed by atoms with E-state index in [0.29, 0.717) is 0 Å². The molecule has 1 aliphatic rings. The van der Waals surface area contributed by atoms with E-state index in [-0.39, 0.29) is 0 Å². The molecular weight excluding hydrogens is 196 g/mol. The fourth-order valence-corrected chi connectivity index (χ4v) is 2.22. The summed E-state index contributed by atoms with van der Waals surface area (Å²) in [6.07, 6.45) is 4.22. The van der Waals surface area contributed by atoms with Gasteiger partial charge in [0.05, 0.1) is 0 Å². The van der Waals surface area contributed by atoms with Gasteiger partial charge in [0.2, 0.25) is 0 Å². The van der Waals surface area contributed by atoms with Gasteiger partial charge < -0.3 is 10.6 Å². The maximum absolute atomic E-state index is 6.02. The number of likely N-dealkylation sites (N-methyl/N-ethyl adjacent to an activating group) is 1. The lowest BCUT2D eigenvalue weighted by Gasteiger charge is -2.25. The van der Waals surface area contributed by atoms with Crippen molar-refractivity contribution in [3.63, 3.8) is 0 Å². The Morgan fingerprint density at radius 2 is 2.25 bits per heavy atom. The highest BCUT2D eigenvalue weighted by molar-refractivity contribution is 5.63. The molecule has 0 amide bonds. The molecule has 0 saturated carbocycles. The van der Waals surface area contributed by atoms with Crippen molar-refractivity contribution in [1.29, 1.82) is 0 Å². The molecule has 0 atom stereocenters. The molecule has 1 aromatic carbocycles. The van der Waals surface area contributed by atoms with Crippen LogP contribution in [0.4, 0.5) is 0 Å². The van der Waals surface area contributed by atoms with Crippen molar-refractivity contribution < 1.29 is 0 Å². The number of fused-ring (bicyclic) bond motifs is 1. The average molecular weight is 216 g/mol. The largest absolute Gasteiger partial charge is 0.399 e. The van der Waals surface area contributed by atoms with Crippen LogP contribution in [0.25, 0.3) is 5.70 Å². The molecule has 0 aliphatic carbocycles. The molecule has 0 bridgehead atoms. The van der Waals surface area contributed by atoms with Crippen LogP contribution in [0.5, 0.6) is 0 Å². The van der Waals surface area contributed by atoms with E-state index < -0.39 is 0 Å². The lowest BCUT2D eigenvalue weighted by Crippen LogP contribution is -2.26. The molecule has 0 fully saturated rings. The van der Waals surface area contributed by atoms with E-state index in [0.717, 1.165) is 37.2 Å². The highest BCUT2D eigenvalue weighted by Crippen LogP contribution is 2.21. The van der Waals surface area contributed by atoms with Gasteiger partial charge in [0.1, 0.15) is 0 Å². The van der Waals surface area contributed by atoms with Crippen LogP contribution in [0.1, 0.15) is 30.0 Å². The molecule has 2 N–H and O–H groups in total. The van der Waals surface area contributed by atoms with Crippen LogP contribution >= 0.6 is 0 Å². The first-order chi connectivity index (χ1) is 7.70. The fraction of sp³-hybridized carbons (Fsp3) is 0.429. The topological polar surface area (TPSA) is 29.3 Å². The lowest BCUT2D eigenvalue weighted by atomic mass is 9.96. The van der Waals surface area contributed by atoms with Crippen LogP contribution < -0.4 is 5.73 Å². The Morgan fingerprint density at radius 1 is 1.44 bits per heavy atom. The molecule has 0 spiro atoms. The lowest BCUT2D eigenvalue weighted by molar-refractivity contribution is 0.313. The van der Waals surface area contributed by atoms with Gasteiger partial charge in [-0.05, 0) is 42.6 Å². The SMILES string of the molecule is CC/C=C(\N)c1ccc2c(c1)CN(C)CC2. The van der Waals surface area contributed by atoms with Crippen LogP contribution in [0, 0.1) is 0 Å².